The lowest BCUT2D eigenvalue weighted by Gasteiger charge is -2.39. The molecule has 1 aliphatic carbocycles. The lowest BCUT2D eigenvalue weighted by atomic mass is 9.67. The third-order valence-corrected chi connectivity index (χ3v) is 11.1. The highest BCUT2D eigenvalue weighted by Gasteiger charge is 2.50. The van der Waals surface area contributed by atoms with Gasteiger partial charge in [0.2, 0.25) is 0 Å². The Bertz CT molecular complexity index is 2490. The van der Waals surface area contributed by atoms with Gasteiger partial charge in [-0.3, -0.25) is 0 Å². The molecule has 10 rings (SSSR count). The highest BCUT2D eigenvalue weighted by Crippen LogP contribution is 2.62. The van der Waals surface area contributed by atoms with Gasteiger partial charge in [-0.05, 0) is 68.8 Å². The van der Waals surface area contributed by atoms with Crippen molar-refractivity contribution in [3.63, 3.8) is 0 Å². The van der Waals surface area contributed by atoms with E-state index in [0.29, 0.717) is 0 Å². The Kier molecular flexibility index (Phi) is 6.06. The van der Waals surface area contributed by atoms with Gasteiger partial charge in [-0.2, -0.15) is 0 Å². The van der Waals surface area contributed by atoms with Gasteiger partial charge in [0.25, 0.3) is 0 Å². The first kappa shape index (κ1) is 27.4. The van der Waals surface area contributed by atoms with Gasteiger partial charge < -0.3 is 0 Å². The Hall–Kier alpha value is -5.77. The molecule has 48 heavy (non-hydrogen) atoms. The van der Waals surface area contributed by atoms with E-state index < -0.39 is 5.41 Å². The Balaban J connectivity index is 1.20. The third-order valence-electron chi connectivity index (χ3n) is 9.97. The van der Waals surface area contributed by atoms with E-state index in [9.17, 15) is 0 Å². The molecule has 0 saturated carbocycles. The number of benzene rings is 7. The Morgan fingerprint density at radius 3 is 1.73 bits per heavy atom. The second-order valence-electron chi connectivity index (χ2n) is 12.5. The summed E-state index contributed by atoms with van der Waals surface area (Å²) in [4.78, 5) is 13.1. The normalized spacial score (nSPS) is 13.5. The van der Waals surface area contributed by atoms with Crippen LogP contribution in [0.3, 0.4) is 0 Å². The SMILES string of the molecule is c1ccc(-c2ccc(-c3nc(-c4ccc5c(c4)C4(c6ccccc6Sc6ccccc64)c4ccccc4-5)nc4ccccc34)cc2)cc1. The van der Waals surface area contributed by atoms with Crippen molar-refractivity contribution in [2.45, 2.75) is 15.2 Å². The average Bonchev–Trinajstić information content (AvgIpc) is 3.45. The summed E-state index contributed by atoms with van der Waals surface area (Å²) in [6.07, 6.45) is 0. The molecule has 0 N–H and O–H groups in total. The topological polar surface area (TPSA) is 25.8 Å². The van der Waals surface area contributed by atoms with Crippen molar-refractivity contribution in [3.05, 3.63) is 192 Å². The summed E-state index contributed by atoms with van der Waals surface area (Å²) in [5, 5.41) is 1.05. The second kappa shape index (κ2) is 10.6. The van der Waals surface area contributed by atoms with Crippen molar-refractivity contribution in [3.8, 4) is 44.9 Å². The fraction of sp³-hybridized carbons (Fsp3) is 0.0222. The minimum absolute atomic E-state index is 0.437. The predicted octanol–water partition coefficient (Wildman–Crippen LogP) is 11.5. The van der Waals surface area contributed by atoms with Crippen LogP contribution in [0.2, 0.25) is 0 Å². The van der Waals surface area contributed by atoms with Crippen molar-refractivity contribution in [2.75, 3.05) is 0 Å². The molecule has 2 nitrogen and oxygen atoms in total. The summed E-state index contributed by atoms with van der Waals surface area (Å²) >= 11 is 1.87. The minimum Gasteiger partial charge on any atom is -0.228 e. The molecule has 1 spiro atoms. The number of rotatable bonds is 3. The number of hydrogen-bond donors (Lipinski definition) is 0. The fourth-order valence-electron chi connectivity index (χ4n) is 7.87. The molecule has 3 heteroatoms. The number of para-hydroxylation sites is 1. The van der Waals surface area contributed by atoms with Gasteiger partial charge in [0.05, 0.1) is 16.6 Å². The van der Waals surface area contributed by atoms with Crippen LogP contribution in [0.15, 0.2) is 180 Å². The zero-order valence-corrected chi connectivity index (χ0v) is 26.8. The predicted molar refractivity (Wildman–Crippen MR) is 197 cm³/mol. The van der Waals surface area contributed by atoms with Crippen LogP contribution in [0.4, 0.5) is 0 Å². The summed E-state index contributed by atoms with van der Waals surface area (Å²) in [7, 11) is 0. The van der Waals surface area contributed by atoms with Gasteiger partial charge in [0.1, 0.15) is 0 Å². The maximum absolute atomic E-state index is 5.33. The summed E-state index contributed by atoms with van der Waals surface area (Å²) in [6, 6.07) is 61.2. The number of aromatic nitrogens is 2. The van der Waals surface area contributed by atoms with Gasteiger partial charge in [-0.15, -0.1) is 0 Å². The molecular weight excluding hydrogens is 601 g/mol. The number of nitrogens with zero attached hydrogens (tertiary/aromatic N) is 2. The highest BCUT2D eigenvalue weighted by atomic mass is 32.2. The molecule has 0 amide bonds. The van der Waals surface area contributed by atoms with E-state index >= 15 is 0 Å². The monoisotopic (exact) mass is 628 g/mol. The molecule has 1 aromatic heterocycles. The largest absolute Gasteiger partial charge is 0.228 e. The van der Waals surface area contributed by atoms with Crippen LogP contribution in [-0.4, -0.2) is 9.97 Å². The van der Waals surface area contributed by atoms with Crippen LogP contribution in [0.5, 0.6) is 0 Å². The molecule has 0 saturated heterocycles. The molecule has 2 heterocycles. The molecule has 0 unspecified atom stereocenters. The van der Waals surface area contributed by atoms with E-state index in [4.69, 9.17) is 9.97 Å². The molecule has 224 valence electrons. The fourth-order valence-corrected chi connectivity index (χ4v) is 9.06. The summed E-state index contributed by atoms with van der Waals surface area (Å²) in [5.41, 5.74) is 13.8. The maximum atomic E-state index is 5.33. The Morgan fingerprint density at radius 1 is 0.396 bits per heavy atom. The third kappa shape index (κ3) is 3.95. The van der Waals surface area contributed by atoms with Gasteiger partial charge >= 0.3 is 0 Å². The van der Waals surface area contributed by atoms with E-state index in [1.165, 1.54) is 54.3 Å². The zero-order valence-electron chi connectivity index (χ0n) is 26.0. The van der Waals surface area contributed by atoms with Crippen LogP contribution in [0.25, 0.3) is 55.8 Å². The maximum Gasteiger partial charge on any atom is 0.160 e. The van der Waals surface area contributed by atoms with Gasteiger partial charge in [-0.1, -0.05) is 157 Å². The van der Waals surface area contributed by atoms with Crippen molar-refractivity contribution in [1.82, 2.24) is 9.97 Å². The van der Waals surface area contributed by atoms with E-state index in [0.717, 1.165) is 33.5 Å². The molecule has 2 aliphatic rings. The summed E-state index contributed by atoms with van der Waals surface area (Å²) in [6.45, 7) is 0. The minimum atomic E-state index is -0.437. The molecule has 0 fully saturated rings. The quantitative estimate of drug-likeness (QED) is 0.195. The van der Waals surface area contributed by atoms with Crippen molar-refractivity contribution >= 4 is 22.7 Å². The van der Waals surface area contributed by atoms with Gasteiger partial charge in [0, 0.05) is 26.3 Å². The van der Waals surface area contributed by atoms with Crippen molar-refractivity contribution < 1.29 is 0 Å². The first-order valence-corrected chi connectivity index (χ1v) is 17.1. The van der Waals surface area contributed by atoms with Crippen molar-refractivity contribution in [1.29, 1.82) is 0 Å². The smallest absolute Gasteiger partial charge is 0.160 e. The summed E-state index contributed by atoms with van der Waals surface area (Å²) < 4.78 is 0. The molecule has 0 atom stereocenters. The first-order chi connectivity index (χ1) is 23.8. The van der Waals surface area contributed by atoms with Crippen LogP contribution in [0, 0.1) is 0 Å². The first-order valence-electron chi connectivity index (χ1n) is 16.3. The van der Waals surface area contributed by atoms with E-state index in [1.54, 1.807) is 0 Å². The van der Waals surface area contributed by atoms with Crippen LogP contribution >= 0.6 is 11.8 Å². The lowest BCUT2D eigenvalue weighted by molar-refractivity contribution is 0.722. The molecule has 8 aromatic rings. The molecular formula is C45H28N2S. The van der Waals surface area contributed by atoms with E-state index in [2.05, 4.69) is 170 Å². The number of hydrogen-bond acceptors (Lipinski definition) is 3. The summed E-state index contributed by atoms with van der Waals surface area (Å²) in [5.74, 6) is 0.733. The standard InChI is InChI=1S/C45H28N2S/c1-2-12-29(13-3-1)30-22-24-31(25-23-30)43-35-15-5-9-19-40(35)46-44(47-43)32-26-27-34-33-14-4-6-16-36(33)45(39(34)28-32)37-17-7-10-20-41(37)48-42-21-11-8-18-38(42)45/h1-28H. The van der Waals surface area contributed by atoms with Crippen LogP contribution < -0.4 is 0 Å². The average molecular weight is 629 g/mol. The number of fused-ring (bicyclic) bond motifs is 10. The Morgan fingerprint density at radius 2 is 0.958 bits per heavy atom. The van der Waals surface area contributed by atoms with Gasteiger partial charge in [-0.25, -0.2) is 9.97 Å². The lowest BCUT2D eigenvalue weighted by Crippen LogP contribution is -2.31. The highest BCUT2D eigenvalue weighted by molar-refractivity contribution is 7.99. The van der Waals surface area contributed by atoms with Crippen molar-refractivity contribution in [2.24, 2.45) is 0 Å². The Labute approximate surface area is 283 Å². The zero-order chi connectivity index (χ0) is 31.7. The van der Waals surface area contributed by atoms with Crippen LogP contribution in [-0.2, 0) is 5.41 Å². The van der Waals surface area contributed by atoms with E-state index in [-0.39, 0.29) is 0 Å². The molecule has 1 aliphatic heterocycles. The van der Waals surface area contributed by atoms with E-state index in [1.807, 2.05) is 11.8 Å². The molecule has 7 aromatic carbocycles. The van der Waals surface area contributed by atoms with Crippen LogP contribution in [0.1, 0.15) is 22.3 Å². The second-order valence-corrected chi connectivity index (χ2v) is 13.6. The van der Waals surface area contributed by atoms with Gasteiger partial charge in [0.15, 0.2) is 5.82 Å². The molecule has 0 bridgehead atoms. The molecule has 0 radical (unpaired) electrons.